The minimum Gasteiger partial charge on any atom is -0.382 e. The molecule has 2 aromatic carbocycles. The SMILES string of the molecule is Cc1ccc(NC(=O)c2nnn(CC(=O)Nc3ccccc3)c2N)cc1. The number of rotatable bonds is 5. The third-order valence-electron chi connectivity index (χ3n) is 3.65. The maximum Gasteiger partial charge on any atom is 0.280 e. The molecule has 0 bridgehead atoms. The highest BCUT2D eigenvalue weighted by Gasteiger charge is 2.19. The molecule has 2 amide bonds. The Kier molecular flexibility index (Phi) is 4.93. The second kappa shape index (κ2) is 7.47. The first kappa shape index (κ1) is 17.2. The molecule has 0 saturated heterocycles. The van der Waals surface area contributed by atoms with Crippen LogP contribution in [0.3, 0.4) is 0 Å². The van der Waals surface area contributed by atoms with Crippen molar-refractivity contribution in [3.8, 4) is 0 Å². The number of aromatic nitrogens is 3. The molecule has 8 heteroatoms. The van der Waals surface area contributed by atoms with Gasteiger partial charge in [0.15, 0.2) is 11.5 Å². The first-order chi connectivity index (χ1) is 12.5. The van der Waals surface area contributed by atoms with Crippen LogP contribution in [-0.4, -0.2) is 26.8 Å². The summed E-state index contributed by atoms with van der Waals surface area (Å²) < 4.78 is 1.18. The molecule has 8 nitrogen and oxygen atoms in total. The van der Waals surface area contributed by atoms with Crippen LogP contribution in [0.4, 0.5) is 17.2 Å². The second-order valence-electron chi connectivity index (χ2n) is 5.72. The maximum absolute atomic E-state index is 12.3. The molecular weight excluding hydrogens is 332 g/mol. The van der Waals surface area contributed by atoms with Gasteiger partial charge in [-0.2, -0.15) is 0 Å². The highest BCUT2D eigenvalue weighted by atomic mass is 16.2. The molecule has 0 spiro atoms. The minimum atomic E-state index is -0.485. The highest BCUT2D eigenvalue weighted by Crippen LogP contribution is 2.14. The molecule has 1 aromatic heterocycles. The van der Waals surface area contributed by atoms with Gasteiger partial charge in [-0.25, -0.2) is 4.68 Å². The van der Waals surface area contributed by atoms with E-state index in [9.17, 15) is 9.59 Å². The number of nitrogen functional groups attached to an aromatic ring is 1. The number of carbonyl (C=O) groups excluding carboxylic acids is 2. The molecule has 0 fully saturated rings. The van der Waals surface area contributed by atoms with Crippen molar-refractivity contribution in [2.24, 2.45) is 0 Å². The molecule has 3 rings (SSSR count). The lowest BCUT2D eigenvalue weighted by Crippen LogP contribution is -2.21. The fourth-order valence-corrected chi connectivity index (χ4v) is 2.28. The summed E-state index contributed by atoms with van der Waals surface area (Å²) in [6, 6.07) is 16.3. The van der Waals surface area contributed by atoms with Crippen molar-refractivity contribution in [2.75, 3.05) is 16.4 Å². The monoisotopic (exact) mass is 350 g/mol. The Bertz CT molecular complexity index is 919. The van der Waals surface area contributed by atoms with E-state index in [2.05, 4.69) is 20.9 Å². The van der Waals surface area contributed by atoms with Gasteiger partial charge in [-0.15, -0.1) is 5.10 Å². The summed E-state index contributed by atoms with van der Waals surface area (Å²) in [4.78, 5) is 24.4. The third kappa shape index (κ3) is 4.04. The van der Waals surface area contributed by atoms with E-state index in [1.54, 1.807) is 24.3 Å². The average molecular weight is 350 g/mol. The standard InChI is InChI=1S/C18H18N6O2/c1-12-7-9-14(10-8-12)21-18(26)16-17(19)24(23-22-16)11-15(25)20-13-5-3-2-4-6-13/h2-10H,11,19H2,1H3,(H,20,25)(H,21,26). The Balaban J connectivity index is 1.66. The van der Waals surface area contributed by atoms with Crippen molar-refractivity contribution in [1.82, 2.24) is 15.0 Å². The number of hydrogen-bond donors (Lipinski definition) is 3. The summed E-state index contributed by atoms with van der Waals surface area (Å²) in [6.07, 6.45) is 0. The fourth-order valence-electron chi connectivity index (χ4n) is 2.28. The van der Waals surface area contributed by atoms with Gasteiger partial charge >= 0.3 is 0 Å². The lowest BCUT2D eigenvalue weighted by Gasteiger charge is -2.06. The third-order valence-corrected chi connectivity index (χ3v) is 3.65. The number of nitrogens with zero attached hydrogens (tertiary/aromatic N) is 3. The highest BCUT2D eigenvalue weighted by molar-refractivity contribution is 6.05. The number of hydrogen-bond acceptors (Lipinski definition) is 5. The van der Waals surface area contributed by atoms with Crippen LogP contribution < -0.4 is 16.4 Å². The van der Waals surface area contributed by atoms with Crippen LogP contribution in [0.5, 0.6) is 0 Å². The molecule has 0 saturated carbocycles. The molecule has 132 valence electrons. The van der Waals surface area contributed by atoms with Crippen LogP contribution in [0, 0.1) is 6.92 Å². The summed E-state index contributed by atoms with van der Waals surface area (Å²) >= 11 is 0. The van der Waals surface area contributed by atoms with Crippen LogP contribution in [0.25, 0.3) is 0 Å². The number of nitrogens with one attached hydrogen (secondary N) is 2. The molecule has 0 aliphatic rings. The van der Waals surface area contributed by atoms with Gasteiger partial charge in [0, 0.05) is 11.4 Å². The van der Waals surface area contributed by atoms with E-state index in [1.807, 2.05) is 37.3 Å². The van der Waals surface area contributed by atoms with E-state index in [0.29, 0.717) is 11.4 Å². The number of carbonyl (C=O) groups is 2. The first-order valence-corrected chi connectivity index (χ1v) is 7.95. The number of benzene rings is 2. The van der Waals surface area contributed by atoms with Gasteiger partial charge < -0.3 is 16.4 Å². The van der Waals surface area contributed by atoms with E-state index in [1.165, 1.54) is 4.68 Å². The molecule has 0 aliphatic carbocycles. The summed E-state index contributed by atoms with van der Waals surface area (Å²) in [5.74, 6) is -0.780. The summed E-state index contributed by atoms with van der Waals surface area (Å²) in [5.41, 5.74) is 8.25. The smallest absolute Gasteiger partial charge is 0.280 e. The number of amides is 2. The van der Waals surface area contributed by atoms with Crippen molar-refractivity contribution >= 4 is 29.0 Å². The molecular formula is C18H18N6O2. The van der Waals surface area contributed by atoms with E-state index in [-0.39, 0.29) is 24.0 Å². The van der Waals surface area contributed by atoms with Crippen molar-refractivity contribution < 1.29 is 9.59 Å². The first-order valence-electron chi connectivity index (χ1n) is 7.95. The van der Waals surface area contributed by atoms with Crippen LogP contribution in [0.2, 0.25) is 0 Å². The van der Waals surface area contributed by atoms with E-state index >= 15 is 0 Å². The van der Waals surface area contributed by atoms with Gasteiger partial charge in [0.05, 0.1) is 0 Å². The Hall–Kier alpha value is -3.68. The molecule has 0 atom stereocenters. The molecule has 0 aliphatic heterocycles. The van der Waals surface area contributed by atoms with E-state index in [0.717, 1.165) is 5.56 Å². The van der Waals surface area contributed by atoms with Crippen molar-refractivity contribution in [3.05, 3.63) is 65.9 Å². The number of anilines is 3. The maximum atomic E-state index is 12.3. The Morgan fingerprint density at radius 3 is 2.35 bits per heavy atom. The van der Waals surface area contributed by atoms with Gasteiger partial charge in [-0.1, -0.05) is 41.1 Å². The zero-order valence-electron chi connectivity index (χ0n) is 14.1. The van der Waals surface area contributed by atoms with Crippen LogP contribution in [0.15, 0.2) is 54.6 Å². The van der Waals surface area contributed by atoms with Gasteiger partial charge in [-0.05, 0) is 31.2 Å². The normalized spacial score (nSPS) is 10.3. The second-order valence-corrected chi connectivity index (χ2v) is 5.72. The van der Waals surface area contributed by atoms with E-state index in [4.69, 9.17) is 5.73 Å². The Morgan fingerprint density at radius 1 is 1.00 bits per heavy atom. The average Bonchev–Trinajstić information content (AvgIpc) is 2.98. The Morgan fingerprint density at radius 2 is 1.65 bits per heavy atom. The molecule has 3 aromatic rings. The topological polar surface area (TPSA) is 115 Å². The minimum absolute atomic E-state index is 0.0258. The van der Waals surface area contributed by atoms with Crippen LogP contribution in [-0.2, 0) is 11.3 Å². The molecule has 0 unspecified atom stereocenters. The predicted octanol–water partition coefficient (Wildman–Crippen LogP) is 2.06. The van der Waals surface area contributed by atoms with Crippen molar-refractivity contribution in [1.29, 1.82) is 0 Å². The van der Waals surface area contributed by atoms with Crippen molar-refractivity contribution in [2.45, 2.75) is 13.5 Å². The lowest BCUT2D eigenvalue weighted by molar-refractivity contribution is -0.116. The van der Waals surface area contributed by atoms with Crippen LogP contribution >= 0.6 is 0 Å². The summed E-state index contributed by atoms with van der Waals surface area (Å²) in [7, 11) is 0. The zero-order chi connectivity index (χ0) is 18.5. The number of para-hydroxylation sites is 1. The van der Waals surface area contributed by atoms with Gasteiger partial charge in [0.25, 0.3) is 5.91 Å². The molecule has 1 heterocycles. The van der Waals surface area contributed by atoms with Gasteiger partial charge in [0.1, 0.15) is 6.54 Å². The summed E-state index contributed by atoms with van der Waals surface area (Å²) in [5, 5.41) is 13.0. The largest absolute Gasteiger partial charge is 0.382 e. The molecule has 4 N–H and O–H groups in total. The quantitative estimate of drug-likeness (QED) is 0.651. The van der Waals surface area contributed by atoms with E-state index < -0.39 is 5.91 Å². The number of nitrogens with two attached hydrogens (primary N) is 1. The summed E-state index contributed by atoms with van der Waals surface area (Å²) in [6.45, 7) is 1.81. The van der Waals surface area contributed by atoms with Crippen molar-refractivity contribution in [3.63, 3.8) is 0 Å². The fraction of sp³-hybridized carbons (Fsp3) is 0.111. The van der Waals surface area contributed by atoms with Gasteiger partial charge in [-0.3, -0.25) is 9.59 Å². The molecule has 26 heavy (non-hydrogen) atoms. The number of aryl methyl sites for hydroxylation is 1. The van der Waals surface area contributed by atoms with Crippen LogP contribution in [0.1, 0.15) is 16.1 Å². The Labute approximate surface area is 150 Å². The zero-order valence-corrected chi connectivity index (χ0v) is 14.1. The van der Waals surface area contributed by atoms with Gasteiger partial charge in [0.2, 0.25) is 5.91 Å². The lowest BCUT2D eigenvalue weighted by atomic mass is 10.2. The molecule has 0 radical (unpaired) electrons. The predicted molar refractivity (Wildman–Crippen MR) is 98.6 cm³/mol.